The normalized spacial score (nSPS) is 17.8. The first-order valence-electron chi connectivity index (χ1n) is 7.36. The van der Waals surface area contributed by atoms with E-state index in [1.54, 1.807) is 12.1 Å². The molecule has 1 atom stereocenters. The van der Waals surface area contributed by atoms with Crippen LogP contribution in [0.4, 0.5) is 0 Å². The van der Waals surface area contributed by atoms with E-state index in [2.05, 4.69) is 41.5 Å². The van der Waals surface area contributed by atoms with Crippen molar-refractivity contribution < 1.29 is 13.9 Å². The van der Waals surface area contributed by atoms with Gasteiger partial charge in [-0.25, -0.2) is 0 Å². The van der Waals surface area contributed by atoms with Crippen LogP contribution in [0, 0.1) is 0 Å². The molecule has 0 bridgehead atoms. The van der Waals surface area contributed by atoms with E-state index < -0.39 is 0 Å². The maximum absolute atomic E-state index is 12.1. The van der Waals surface area contributed by atoms with Gasteiger partial charge in [0, 0.05) is 25.2 Å². The molecule has 0 spiro atoms. The zero-order chi connectivity index (χ0) is 15.5. The molecule has 1 N–H and O–H groups in total. The summed E-state index contributed by atoms with van der Waals surface area (Å²) in [7, 11) is 3.59. The van der Waals surface area contributed by atoms with Crippen molar-refractivity contribution in [1.82, 2.24) is 10.2 Å². The predicted octanol–water partition coefficient (Wildman–Crippen LogP) is 2.07. The third-order valence-corrected chi connectivity index (χ3v) is 4.12. The second kappa shape index (κ2) is 6.23. The monoisotopic (exact) mass is 300 g/mol. The summed E-state index contributed by atoms with van der Waals surface area (Å²) in [5.74, 6) is 0.403. The SMILES string of the molecule is COc1ccc(C(=O)NC[C@H]2Cc3ccccc3CN2C)o1. The number of hydrogen-bond acceptors (Lipinski definition) is 4. The Labute approximate surface area is 129 Å². The van der Waals surface area contributed by atoms with Gasteiger partial charge in [0.1, 0.15) is 0 Å². The first-order chi connectivity index (χ1) is 10.7. The Kier molecular flexibility index (Phi) is 4.15. The molecule has 0 fully saturated rings. The fraction of sp³-hybridized carbons (Fsp3) is 0.353. The molecule has 1 aromatic heterocycles. The van der Waals surface area contributed by atoms with Gasteiger partial charge in [0.25, 0.3) is 11.9 Å². The lowest BCUT2D eigenvalue weighted by atomic mass is 9.94. The summed E-state index contributed by atoms with van der Waals surface area (Å²) in [6, 6.07) is 12.0. The molecule has 2 heterocycles. The van der Waals surface area contributed by atoms with Crippen molar-refractivity contribution in [3.63, 3.8) is 0 Å². The minimum Gasteiger partial charge on any atom is -0.468 e. The maximum Gasteiger partial charge on any atom is 0.287 e. The number of ether oxygens (including phenoxy) is 1. The number of carbonyl (C=O) groups excluding carboxylic acids is 1. The van der Waals surface area contributed by atoms with Crippen molar-refractivity contribution in [3.8, 4) is 5.95 Å². The molecule has 0 radical (unpaired) electrons. The van der Waals surface area contributed by atoms with Gasteiger partial charge in [0.2, 0.25) is 0 Å². The Balaban J connectivity index is 1.60. The van der Waals surface area contributed by atoms with Gasteiger partial charge in [-0.3, -0.25) is 9.69 Å². The average Bonchev–Trinajstić information content (AvgIpc) is 3.01. The topological polar surface area (TPSA) is 54.7 Å². The quantitative estimate of drug-likeness (QED) is 0.939. The fourth-order valence-corrected chi connectivity index (χ4v) is 2.80. The van der Waals surface area contributed by atoms with Gasteiger partial charge < -0.3 is 14.5 Å². The fourth-order valence-electron chi connectivity index (χ4n) is 2.80. The number of methoxy groups -OCH3 is 1. The van der Waals surface area contributed by atoms with Crippen molar-refractivity contribution in [2.24, 2.45) is 0 Å². The van der Waals surface area contributed by atoms with Gasteiger partial charge in [-0.15, -0.1) is 0 Å². The van der Waals surface area contributed by atoms with E-state index in [0.29, 0.717) is 12.5 Å². The lowest BCUT2D eigenvalue weighted by Crippen LogP contribution is -2.45. The van der Waals surface area contributed by atoms with E-state index in [9.17, 15) is 4.79 Å². The molecule has 0 saturated heterocycles. The third-order valence-electron chi connectivity index (χ3n) is 4.12. The molecule has 1 aliphatic heterocycles. The Hall–Kier alpha value is -2.27. The molecule has 5 nitrogen and oxygen atoms in total. The minimum absolute atomic E-state index is 0.212. The van der Waals surface area contributed by atoms with Crippen LogP contribution in [0.3, 0.4) is 0 Å². The standard InChI is InChI=1S/C17H20N2O3/c1-19-11-13-6-4-3-5-12(13)9-14(19)10-18-17(20)15-7-8-16(21-2)22-15/h3-8,14H,9-11H2,1-2H3,(H,18,20)/t14-/m1/s1. The first-order valence-corrected chi connectivity index (χ1v) is 7.36. The minimum atomic E-state index is -0.212. The molecular weight excluding hydrogens is 280 g/mol. The molecule has 3 rings (SSSR count). The second-order valence-electron chi connectivity index (χ2n) is 5.57. The van der Waals surface area contributed by atoms with Crippen molar-refractivity contribution in [3.05, 3.63) is 53.3 Å². The van der Waals surface area contributed by atoms with Gasteiger partial charge >= 0.3 is 0 Å². The number of benzene rings is 1. The highest BCUT2D eigenvalue weighted by atomic mass is 16.6. The third kappa shape index (κ3) is 2.99. The molecule has 1 aliphatic rings. The number of furan rings is 1. The second-order valence-corrected chi connectivity index (χ2v) is 5.57. The number of nitrogens with one attached hydrogen (secondary N) is 1. The van der Waals surface area contributed by atoms with E-state index in [0.717, 1.165) is 13.0 Å². The van der Waals surface area contributed by atoms with E-state index in [4.69, 9.17) is 9.15 Å². The number of carbonyl (C=O) groups is 1. The van der Waals surface area contributed by atoms with E-state index in [1.807, 2.05) is 0 Å². The zero-order valence-corrected chi connectivity index (χ0v) is 12.8. The van der Waals surface area contributed by atoms with Crippen molar-refractivity contribution in [2.75, 3.05) is 20.7 Å². The molecule has 0 saturated carbocycles. The summed E-state index contributed by atoms with van der Waals surface area (Å²) in [6.45, 7) is 1.50. The Morgan fingerprint density at radius 1 is 1.32 bits per heavy atom. The number of likely N-dealkylation sites (N-methyl/N-ethyl adjacent to an activating group) is 1. The van der Waals surface area contributed by atoms with E-state index in [-0.39, 0.29) is 17.7 Å². The van der Waals surface area contributed by atoms with Crippen LogP contribution in [0.1, 0.15) is 21.7 Å². The summed E-state index contributed by atoms with van der Waals surface area (Å²) in [6.07, 6.45) is 0.939. The Bertz CT molecular complexity index is 665. The van der Waals surface area contributed by atoms with Crippen LogP contribution >= 0.6 is 0 Å². The Morgan fingerprint density at radius 2 is 2.09 bits per heavy atom. The van der Waals surface area contributed by atoms with Crippen molar-refractivity contribution in [1.29, 1.82) is 0 Å². The van der Waals surface area contributed by atoms with Gasteiger partial charge in [-0.1, -0.05) is 24.3 Å². The number of nitrogens with zero attached hydrogens (tertiary/aromatic N) is 1. The summed E-state index contributed by atoms with van der Waals surface area (Å²) >= 11 is 0. The van der Waals surface area contributed by atoms with E-state index >= 15 is 0 Å². The lowest BCUT2D eigenvalue weighted by molar-refractivity contribution is 0.0900. The molecule has 0 aliphatic carbocycles. The molecule has 22 heavy (non-hydrogen) atoms. The highest BCUT2D eigenvalue weighted by Gasteiger charge is 2.23. The molecular formula is C17H20N2O3. The van der Waals surface area contributed by atoms with Gasteiger partial charge in [-0.2, -0.15) is 0 Å². The molecule has 0 unspecified atom stereocenters. The lowest BCUT2D eigenvalue weighted by Gasteiger charge is -2.34. The predicted molar refractivity (Wildman–Crippen MR) is 83.0 cm³/mol. The molecule has 116 valence electrons. The zero-order valence-electron chi connectivity index (χ0n) is 12.8. The van der Waals surface area contributed by atoms with Gasteiger partial charge in [-0.05, 0) is 30.7 Å². The molecule has 1 aromatic carbocycles. The maximum atomic E-state index is 12.1. The van der Waals surface area contributed by atoms with E-state index in [1.165, 1.54) is 18.2 Å². The molecule has 2 aromatic rings. The van der Waals surface area contributed by atoms with Crippen LogP contribution < -0.4 is 10.1 Å². The van der Waals surface area contributed by atoms with Gasteiger partial charge in [0.05, 0.1) is 7.11 Å². The first kappa shape index (κ1) is 14.7. The summed E-state index contributed by atoms with van der Waals surface area (Å²) in [5.41, 5.74) is 2.72. The van der Waals surface area contributed by atoms with Gasteiger partial charge in [0.15, 0.2) is 5.76 Å². The highest BCUT2D eigenvalue weighted by Crippen LogP contribution is 2.21. The summed E-state index contributed by atoms with van der Waals surface area (Å²) in [4.78, 5) is 14.4. The summed E-state index contributed by atoms with van der Waals surface area (Å²) < 4.78 is 10.2. The molecule has 5 heteroatoms. The average molecular weight is 300 g/mol. The molecule has 1 amide bonds. The van der Waals surface area contributed by atoms with Crippen molar-refractivity contribution in [2.45, 2.75) is 19.0 Å². The highest BCUT2D eigenvalue weighted by molar-refractivity contribution is 5.91. The summed E-state index contributed by atoms with van der Waals surface area (Å²) in [5, 5.41) is 2.94. The number of rotatable bonds is 4. The number of hydrogen-bond donors (Lipinski definition) is 1. The van der Waals surface area contributed by atoms with Crippen LogP contribution in [0.2, 0.25) is 0 Å². The number of amides is 1. The van der Waals surface area contributed by atoms with Crippen molar-refractivity contribution >= 4 is 5.91 Å². The van der Waals surface area contributed by atoms with Crippen LogP contribution in [-0.2, 0) is 13.0 Å². The van der Waals surface area contributed by atoms with Crippen LogP contribution in [0.25, 0.3) is 0 Å². The Morgan fingerprint density at radius 3 is 2.82 bits per heavy atom. The van der Waals surface area contributed by atoms with Crippen LogP contribution in [0.15, 0.2) is 40.8 Å². The smallest absolute Gasteiger partial charge is 0.287 e. The van der Waals surface area contributed by atoms with Crippen LogP contribution in [-0.4, -0.2) is 37.6 Å². The largest absolute Gasteiger partial charge is 0.468 e. The number of fused-ring (bicyclic) bond motifs is 1. The van der Waals surface area contributed by atoms with Crippen LogP contribution in [0.5, 0.6) is 5.95 Å².